The third-order valence-corrected chi connectivity index (χ3v) is 4.94. The highest BCUT2D eigenvalue weighted by Gasteiger charge is 2.46. The van der Waals surface area contributed by atoms with Gasteiger partial charge in [-0.25, -0.2) is 0 Å². The molecule has 102 valence electrons. The predicted molar refractivity (Wildman–Crippen MR) is 61.2 cm³/mol. The standard InChI is InChI=1S/C11H14F3NO2S/c12-11(13,14)10(17)15-6-5-18-8-4-2-1-3-7(16)9(6)8/h6,8-9H,1-5H2,(H,15,17). The van der Waals surface area contributed by atoms with Gasteiger partial charge in [-0.2, -0.15) is 24.9 Å². The second-order valence-corrected chi connectivity index (χ2v) is 5.96. The Morgan fingerprint density at radius 1 is 1.33 bits per heavy atom. The van der Waals surface area contributed by atoms with Gasteiger partial charge in [-0.1, -0.05) is 6.42 Å². The molecule has 3 atom stereocenters. The van der Waals surface area contributed by atoms with E-state index < -0.39 is 24.0 Å². The number of ketones is 1. The summed E-state index contributed by atoms with van der Waals surface area (Å²) in [5.41, 5.74) is 0. The highest BCUT2D eigenvalue weighted by molar-refractivity contribution is 8.00. The molecule has 1 N–H and O–H groups in total. The van der Waals surface area contributed by atoms with Crippen molar-refractivity contribution in [3.05, 3.63) is 0 Å². The van der Waals surface area contributed by atoms with E-state index >= 15 is 0 Å². The lowest BCUT2D eigenvalue weighted by Crippen LogP contribution is -2.48. The summed E-state index contributed by atoms with van der Waals surface area (Å²) >= 11 is 1.50. The van der Waals surface area contributed by atoms with Gasteiger partial charge in [-0.05, 0) is 12.8 Å². The summed E-state index contributed by atoms with van der Waals surface area (Å²) in [7, 11) is 0. The third-order valence-electron chi connectivity index (χ3n) is 3.43. The number of halogens is 3. The minimum absolute atomic E-state index is 0.00465. The summed E-state index contributed by atoms with van der Waals surface area (Å²) < 4.78 is 36.6. The van der Waals surface area contributed by atoms with Crippen LogP contribution in [0.5, 0.6) is 0 Å². The minimum atomic E-state index is -4.88. The van der Waals surface area contributed by atoms with Crippen LogP contribution < -0.4 is 5.32 Å². The maximum Gasteiger partial charge on any atom is 0.471 e. The maximum absolute atomic E-state index is 12.2. The smallest absolute Gasteiger partial charge is 0.344 e. The first kappa shape index (κ1) is 13.7. The molecular formula is C11H14F3NO2S. The van der Waals surface area contributed by atoms with Gasteiger partial charge in [0.2, 0.25) is 0 Å². The second-order valence-electron chi connectivity index (χ2n) is 4.69. The molecule has 2 rings (SSSR count). The van der Waals surface area contributed by atoms with Crippen LogP contribution in [0, 0.1) is 5.92 Å². The molecule has 0 aromatic heterocycles. The van der Waals surface area contributed by atoms with Crippen molar-refractivity contribution >= 4 is 23.5 Å². The number of hydrogen-bond acceptors (Lipinski definition) is 3. The molecule has 0 aromatic rings. The van der Waals surface area contributed by atoms with Gasteiger partial charge in [0.25, 0.3) is 0 Å². The molecule has 2 aliphatic rings. The van der Waals surface area contributed by atoms with Gasteiger partial charge in [0.15, 0.2) is 0 Å². The number of amides is 1. The average molecular weight is 281 g/mol. The van der Waals surface area contributed by atoms with Crippen LogP contribution in [0.4, 0.5) is 13.2 Å². The Labute approximate surface area is 107 Å². The molecule has 1 amide bonds. The molecule has 1 heterocycles. The first-order valence-electron chi connectivity index (χ1n) is 5.91. The van der Waals surface area contributed by atoms with E-state index in [4.69, 9.17) is 0 Å². The van der Waals surface area contributed by atoms with Gasteiger partial charge in [0.1, 0.15) is 5.78 Å². The quantitative estimate of drug-likeness (QED) is 0.798. The molecule has 0 spiro atoms. The van der Waals surface area contributed by atoms with E-state index in [9.17, 15) is 22.8 Å². The summed E-state index contributed by atoms with van der Waals surface area (Å²) in [4.78, 5) is 22.8. The van der Waals surface area contributed by atoms with Crippen molar-refractivity contribution in [2.75, 3.05) is 5.75 Å². The van der Waals surface area contributed by atoms with Crippen molar-refractivity contribution in [3.8, 4) is 0 Å². The van der Waals surface area contributed by atoms with Crippen LogP contribution in [0.25, 0.3) is 0 Å². The van der Waals surface area contributed by atoms with E-state index in [0.717, 1.165) is 19.3 Å². The number of thioether (sulfide) groups is 1. The van der Waals surface area contributed by atoms with Crippen LogP contribution in [0.15, 0.2) is 0 Å². The summed E-state index contributed by atoms with van der Waals surface area (Å²) in [5, 5.41) is 2.04. The number of carbonyl (C=O) groups excluding carboxylic acids is 2. The van der Waals surface area contributed by atoms with Crippen molar-refractivity contribution < 1.29 is 22.8 Å². The maximum atomic E-state index is 12.2. The van der Waals surface area contributed by atoms with Crippen molar-refractivity contribution in [2.45, 2.75) is 43.2 Å². The fourth-order valence-electron chi connectivity index (χ4n) is 2.58. The Hall–Kier alpha value is -0.720. The number of Topliss-reactive ketones (excluding diaryl/α,β-unsaturated/α-hetero) is 1. The van der Waals surface area contributed by atoms with Crippen molar-refractivity contribution in [1.82, 2.24) is 5.32 Å². The zero-order valence-corrected chi connectivity index (χ0v) is 10.4. The van der Waals surface area contributed by atoms with E-state index in [-0.39, 0.29) is 11.0 Å². The molecule has 3 unspecified atom stereocenters. The molecule has 0 aromatic carbocycles. The topological polar surface area (TPSA) is 46.2 Å². The first-order chi connectivity index (χ1) is 8.39. The Bertz CT molecular complexity index is 359. The van der Waals surface area contributed by atoms with Gasteiger partial charge in [-0.3, -0.25) is 9.59 Å². The summed E-state index contributed by atoms with van der Waals surface area (Å²) in [6.45, 7) is 0. The van der Waals surface area contributed by atoms with Crippen LogP contribution >= 0.6 is 11.8 Å². The molecule has 0 radical (unpaired) electrons. The van der Waals surface area contributed by atoms with E-state index in [2.05, 4.69) is 0 Å². The van der Waals surface area contributed by atoms with Gasteiger partial charge < -0.3 is 5.32 Å². The molecule has 1 aliphatic carbocycles. The molecule has 7 heteroatoms. The Morgan fingerprint density at radius 2 is 2.06 bits per heavy atom. The Morgan fingerprint density at radius 3 is 2.72 bits per heavy atom. The zero-order valence-electron chi connectivity index (χ0n) is 9.63. The van der Waals surface area contributed by atoms with Crippen LogP contribution in [0.3, 0.4) is 0 Å². The van der Waals surface area contributed by atoms with Gasteiger partial charge in [0, 0.05) is 23.5 Å². The summed E-state index contributed by atoms with van der Waals surface area (Å²) in [6.07, 6.45) is -1.89. The third kappa shape index (κ3) is 2.81. The highest BCUT2D eigenvalue weighted by atomic mass is 32.2. The molecule has 2 fully saturated rings. The van der Waals surface area contributed by atoms with E-state index in [1.165, 1.54) is 11.8 Å². The van der Waals surface area contributed by atoms with Gasteiger partial charge >= 0.3 is 12.1 Å². The monoisotopic (exact) mass is 281 g/mol. The Balaban J connectivity index is 2.05. The molecule has 1 saturated heterocycles. The molecule has 18 heavy (non-hydrogen) atoms. The zero-order chi connectivity index (χ0) is 13.3. The lowest BCUT2D eigenvalue weighted by Gasteiger charge is -2.22. The van der Waals surface area contributed by atoms with E-state index in [1.54, 1.807) is 0 Å². The average Bonchev–Trinajstić information content (AvgIpc) is 2.56. The number of nitrogens with one attached hydrogen (secondary N) is 1. The number of alkyl halides is 3. The number of hydrogen-bond donors (Lipinski definition) is 1. The molecule has 0 bridgehead atoms. The van der Waals surface area contributed by atoms with Crippen molar-refractivity contribution in [1.29, 1.82) is 0 Å². The second kappa shape index (κ2) is 5.11. The number of rotatable bonds is 1. The lowest BCUT2D eigenvalue weighted by atomic mass is 9.91. The molecule has 1 aliphatic heterocycles. The minimum Gasteiger partial charge on any atom is -0.344 e. The first-order valence-corrected chi connectivity index (χ1v) is 6.96. The Kier molecular flexibility index (Phi) is 3.89. The molecular weight excluding hydrogens is 267 g/mol. The van der Waals surface area contributed by atoms with Crippen molar-refractivity contribution in [3.63, 3.8) is 0 Å². The fourth-order valence-corrected chi connectivity index (χ4v) is 4.21. The molecule has 3 nitrogen and oxygen atoms in total. The number of carbonyl (C=O) groups is 2. The number of fused-ring (bicyclic) bond motifs is 1. The summed E-state index contributed by atoms with van der Waals surface area (Å²) in [6, 6.07) is -0.667. The predicted octanol–water partition coefficient (Wildman–Crippen LogP) is 1.91. The van der Waals surface area contributed by atoms with E-state index in [0.29, 0.717) is 12.2 Å². The molecule has 1 saturated carbocycles. The van der Waals surface area contributed by atoms with Crippen LogP contribution in [-0.4, -0.2) is 34.9 Å². The van der Waals surface area contributed by atoms with Crippen LogP contribution in [-0.2, 0) is 9.59 Å². The summed E-state index contributed by atoms with van der Waals surface area (Å²) in [5.74, 6) is -1.99. The van der Waals surface area contributed by atoms with Crippen LogP contribution in [0.2, 0.25) is 0 Å². The van der Waals surface area contributed by atoms with Gasteiger partial charge in [-0.15, -0.1) is 0 Å². The van der Waals surface area contributed by atoms with Crippen LogP contribution in [0.1, 0.15) is 25.7 Å². The van der Waals surface area contributed by atoms with Crippen molar-refractivity contribution in [2.24, 2.45) is 5.92 Å². The largest absolute Gasteiger partial charge is 0.471 e. The van der Waals surface area contributed by atoms with E-state index in [1.807, 2.05) is 5.32 Å². The normalized spacial score (nSPS) is 32.8. The van der Waals surface area contributed by atoms with Gasteiger partial charge in [0.05, 0.1) is 5.92 Å². The SMILES string of the molecule is O=C1CCCCC2SCC(NC(=O)C(F)(F)F)C12. The lowest BCUT2D eigenvalue weighted by molar-refractivity contribution is -0.174. The fraction of sp³-hybridized carbons (Fsp3) is 0.818. The highest BCUT2D eigenvalue weighted by Crippen LogP contribution is 2.39.